The molecule has 0 bridgehead atoms. The molecule has 0 aliphatic rings. The number of carbonyl (C=O) groups is 1. The van der Waals surface area contributed by atoms with E-state index < -0.39 is 9.84 Å². The summed E-state index contributed by atoms with van der Waals surface area (Å²) in [5.74, 6) is -0.371. The van der Waals surface area contributed by atoms with Crippen molar-refractivity contribution >= 4 is 15.8 Å². The van der Waals surface area contributed by atoms with Gasteiger partial charge >= 0.3 is 5.97 Å². The Balaban J connectivity index is 0.000000502. The molecule has 1 aromatic rings. The highest BCUT2D eigenvalue weighted by Gasteiger charge is 2.10. The van der Waals surface area contributed by atoms with Gasteiger partial charge in [-0.25, -0.2) is 8.42 Å². The highest BCUT2D eigenvalue weighted by Crippen LogP contribution is 2.02. The van der Waals surface area contributed by atoms with Crippen LogP contribution in [0.5, 0.6) is 0 Å². The molecule has 0 aromatic heterocycles. The van der Waals surface area contributed by atoms with Crippen molar-refractivity contribution in [3.05, 3.63) is 35.4 Å². The largest absolute Gasteiger partial charge is 0.460 e. The van der Waals surface area contributed by atoms with Crippen molar-refractivity contribution in [3.8, 4) is 0 Å². The lowest BCUT2D eigenvalue weighted by Crippen LogP contribution is -2.20. The number of aryl methyl sites for hydroxylation is 2. The minimum atomic E-state index is -2.99. The standard InChI is InChI=1S/C9H18O5S.C8H10/c1-8(7-13-2)14-9(10)5-4-6-15(3,11)12;1-7-5-3-4-6-8(7)2/h8H,4-7H2,1-3H3;3-6H,1-2H3. The Kier molecular flexibility index (Phi) is 10.5. The summed E-state index contributed by atoms with van der Waals surface area (Å²) in [6.45, 7) is 6.31. The van der Waals surface area contributed by atoms with E-state index in [-0.39, 0.29) is 24.2 Å². The lowest BCUT2D eigenvalue weighted by atomic mass is 10.1. The highest BCUT2D eigenvalue weighted by atomic mass is 32.2. The molecule has 0 fully saturated rings. The van der Waals surface area contributed by atoms with Gasteiger partial charge in [0.2, 0.25) is 0 Å². The Morgan fingerprint density at radius 1 is 1.17 bits per heavy atom. The summed E-state index contributed by atoms with van der Waals surface area (Å²) in [5, 5.41) is 0. The van der Waals surface area contributed by atoms with Gasteiger partial charge in [0.15, 0.2) is 0 Å². The van der Waals surface area contributed by atoms with E-state index in [9.17, 15) is 13.2 Å². The van der Waals surface area contributed by atoms with Gasteiger partial charge in [0.25, 0.3) is 0 Å². The van der Waals surface area contributed by atoms with Gasteiger partial charge in [0, 0.05) is 19.8 Å². The van der Waals surface area contributed by atoms with Gasteiger partial charge in [0.05, 0.1) is 12.4 Å². The minimum Gasteiger partial charge on any atom is -0.460 e. The molecule has 0 heterocycles. The fourth-order valence-electron chi connectivity index (χ4n) is 1.69. The van der Waals surface area contributed by atoms with E-state index in [0.29, 0.717) is 13.0 Å². The molecule has 5 nitrogen and oxygen atoms in total. The Bertz CT molecular complexity index is 545. The molecule has 23 heavy (non-hydrogen) atoms. The smallest absolute Gasteiger partial charge is 0.306 e. The normalized spacial score (nSPS) is 12.0. The van der Waals surface area contributed by atoms with Crippen LogP contribution in [-0.4, -0.2) is 46.2 Å². The van der Waals surface area contributed by atoms with Gasteiger partial charge in [-0.3, -0.25) is 4.79 Å². The molecular formula is C17H28O5S. The molecule has 0 radical (unpaired) electrons. The summed E-state index contributed by atoms with van der Waals surface area (Å²) in [5.41, 5.74) is 2.74. The third kappa shape index (κ3) is 12.8. The maximum Gasteiger partial charge on any atom is 0.306 e. The molecule has 0 saturated heterocycles. The highest BCUT2D eigenvalue weighted by molar-refractivity contribution is 7.90. The third-order valence-corrected chi connectivity index (χ3v) is 4.09. The Morgan fingerprint density at radius 2 is 1.70 bits per heavy atom. The molecule has 0 amide bonds. The van der Waals surface area contributed by atoms with Crippen molar-refractivity contribution in [2.45, 2.75) is 39.7 Å². The van der Waals surface area contributed by atoms with Crippen molar-refractivity contribution in [2.24, 2.45) is 0 Å². The van der Waals surface area contributed by atoms with Crippen LogP contribution in [-0.2, 0) is 24.1 Å². The number of hydrogen-bond acceptors (Lipinski definition) is 5. The number of rotatable bonds is 7. The van der Waals surface area contributed by atoms with Crippen LogP contribution in [0.2, 0.25) is 0 Å². The van der Waals surface area contributed by atoms with E-state index in [4.69, 9.17) is 9.47 Å². The quantitative estimate of drug-likeness (QED) is 0.711. The van der Waals surface area contributed by atoms with E-state index in [1.54, 1.807) is 6.92 Å². The molecule has 6 heteroatoms. The van der Waals surface area contributed by atoms with Crippen molar-refractivity contribution in [2.75, 3.05) is 25.7 Å². The Morgan fingerprint density at radius 3 is 2.09 bits per heavy atom. The first kappa shape index (κ1) is 21.6. The first-order valence-electron chi connectivity index (χ1n) is 7.54. The van der Waals surface area contributed by atoms with Crippen LogP contribution in [0.25, 0.3) is 0 Å². The van der Waals surface area contributed by atoms with Gasteiger partial charge < -0.3 is 9.47 Å². The van der Waals surface area contributed by atoms with Crippen molar-refractivity contribution < 1.29 is 22.7 Å². The second-order valence-electron chi connectivity index (χ2n) is 5.57. The van der Waals surface area contributed by atoms with Crippen LogP contribution in [0.15, 0.2) is 24.3 Å². The molecule has 1 aromatic carbocycles. The van der Waals surface area contributed by atoms with Gasteiger partial charge in [0.1, 0.15) is 15.9 Å². The maximum atomic E-state index is 11.1. The summed E-state index contributed by atoms with van der Waals surface area (Å²) in [4.78, 5) is 11.1. The Hall–Kier alpha value is -1.40. The molecular weight excluding hydrogens is 316 g/mol. The van der Waals surface area contributed by atoms with Crippen molar-refractivity contribution in [3.63, 3.8) is 0 Å². The number of hydrogen-bond donors (Lipinski definition) is 0. The monoisotopic (exact) mass is 344 g/mol. The number of carbonyl (C=O) groups excluding carboxylic acids is 1. The van der Waals surface area contributed by atoms with Crippen LogP contribution in [0.3, 0.4) is 0 Å². The minimum absolute atomic E-state index is 0.0146. The number of methoxy groups -OCH3 is 1. The third-order valence-electron chi connectivity index (χ3n) is 3.06. The average Bonchev–Trinajstić information content (AvgIpc) is 2.41. The first-order chi connectivity index (χ1) is 10.7. The molecule has 1 rings (SSSR count). The van der Waals surface area contributed by atoms with Crippen LogP contribution in [0.1, 0.15) is 30.9 Å². The Labute approximate surface area is 139 Å². The molecule has 0 aliphatic heterocycles. The summed E-state index contributed by atoms with van der Waals surface area (Å²) in [6.07, 6.45) is 1.28. The topological polar surface area (TPSA) is 69.7 Å². The molecule has 1 unspecified atom stereocenters. The lowest BCUT2D eigenvalue weighted by Gasteiger charge is -2.11. The zero-order valence-electron chi connectivity index (χ0n) is 14.7. The zero-order valence-corrected chi connectivity index (χ0v) is 15.5. The van der Waals surface area contributed by atoms with Crippen molar-refractivity contribution in [1.82, 2.24) is 0 Å². The van der Waals surface area contributed by atoms with E-state index in [0.717, 1.165) is 6.26 Å². The summed E-state index contributed by atoms with van der Waals surface area (Å²) in [6, 6.07) is 8.36. The predicted octanol–water partition coefficient (Wildman–Crippen LogP) is 2.69. The van der Waals surface area contributed by atoms with E-state index in [2.05, 4.69) is 38.1 Å². The van der Waals surface area contributed by atoms with E-state index >= 15 is 0 Å². The molecule has 0 saturated carbocycles. The number of sulfone groups is 1. The number of benzene rings is 1. The van der Waals surface area contributed by atoms with Crippen LogP contribution in [0, 0.1) is 13.8 Å². The van der Waals surface area contributed by atoms with Gasteiger partial charge in [-0.1, -0.05) is 24.3 Å². The SMILES string of the molecule is COCC(C)OC(=O)CCCS(C)(=O)=O.Cc1ccccc1C. The van der Waals surface area contributed by atoms with E-state index in [1.165, 1.54) is 18.2 Å². The predicted molar refractivity (Wildman–Crippen MR) is 92.3 cm³/mol. The molecule has 0 aliphatic carbocycles. The van der Waals surface area contributed by atoms with Crippen LogP contribution in [0.4, 0.5) is 0 Å². The summed E-state index contributed by atoms with van der Waals surface area (Å²) >= 11 is 0. The number of esters is 1. The van der Waals surface area contributed by atoms with Crippen LogP contribution < -0.4 is 0 Å². The van der Waals surface area contributed by atoms with Gasteiger partial charge in [-0.2, -0.15) is 0 Å². The van der Waals surface area contributed by atoms with E-state index in [1.807, 2.05) is 0 Å². The molecule has 0 N–H and O–H groups in total. The van der Waals surface area contributed by atoms with Crippen molar-refractivity contribution in [1.29, 1.82) is 0 Å². The van der Waals surface area contributed by atoms with Gasteiger partial charge in [-0.15, -0.1) is 0 Å². The maximum absolute atomic E-state index is 11.1. The van der Waals surface area contributed by atoms with Gasteiger partial charge in [-0.05, 0) is 38.3 Å². The molecule has 0 spiro atoms. The lowest BCUT2D eigenvalue weighted by molar-refractivity contribution is -0.150. The zero-order chi connectivity index (χ0) is 17.9. The molecule has 132 valence electrons. The first-order valence-corrected chi connectivity index (χ1v) is 9.60. The summed E-state index contributed by atoms with van der Waals surface area (Å²) in [7, 11) is -1.47. The average molecular weight is 344 g/mol. The number of ether oxygens (including phenoxy) is 2. The summed E-state index contributed by atoms with van der Waals surface area (Å²) < 4.78 is 31.3. The fourth-order valence-corrected chi connectivity index (χ4v) is 2.36. The molecule has 1 atom stereocenters. The second kappa shape index (κ2) is 11.2. The van der Waals surface area contributed by atoms with Crippen LogP contribution >= 0.6 is 0 Å². The fraction of sp³-hybridized carbons (Fsp3) is 0.588. The second-order valence-corrected chi connectivity index (χ2v) is 7.83.